The first-order chi connectivity index (χ1) is 8.74. The molecular weight excluding hydrogens is 232 g/mol. The highest BCUT2D eigenvalue weighted by molar-refractivity contribution is 5.99. The lowest BCUT2D eigenvalue weighted by atomic mass is 10.1. The Morgan fingerprint density at radius 3 is 2.89 bits per heavy atom. The molecule has 1 aliphatic rings. The molecule has 2 rings (SSSR count). The van der Waals surface area contributed by atoms with E-state index in [0.717, 1.165) is 12.3 Å². The molecule has 3 N–H and O–H groups in total. The molecule has 1 fully saturated rings. The zero-order chi connectivity index (χ0) is 13.0. The number of hydrogen-bond donors (Lipinski definition) is 2. The van der Waals surface area contributed by atoms with E-state index in [1.165, 1.54) is 12.8 Å². The van der Waals surface area contributed by atoms with Gasteiger partial charge in [0, 0.05) is 6.07 Å². The number of nitrogens with two attached hydrogens (primary N) is 1. The van der Waals surface area contributed by atoms with E-state index >= 15 is 0 Å². The number of hydrogen-bond acceptors (Lipinski definition) is 4. The predicted octanol–water partition coefficient (Wildman–Crippen LogP) is 1.97. The lowest BCUT2D eigenvalue weighted by Crippen LogP contribution is -2.15. The molecule has 5 heteroatoms. The van der Waals surface area contributed by atoms with Gasteiger partial charge in [-0.1, -0.05) is 18.0 Å². The highest BCUT2D eigenvalue weighted by Gasteiger charge is 2.21. The molecule has 0 bridgehead atoms. The standard InChI is InChI=1S/C13H18N2O3/c1-17-10-4-5-11(13(14)15-16)12(8-10)18-7-6-9-2-3-9/h4-5,8-9,16H,2-3,6-7H2,1H3,(H2,14,15). The lowest BCUT2D eigenvalue weighted by Gasteiger charge is -2.12. The predicted molar refractivity (Wildman–Crippen MR) is 68.3 cm³/mol. The van der Waals surface area contributed by atoms with Gasteiger partial charge >= 0.3 is 0 Å². The fourth-order valence-electron chi connectivity index (χ4n) is 1.76. The molecule has 18 heavy (non-hydrogen) atoms. The first-order valence-corrected chi connectivity index (χ1v) is 6.03. The molecule has 0 atom stereocenters. The number of methoxy groups -OCH3 is 1. The third-order valence-electron chi connectivity index (χ3n) is 3.05. The molecule has 1 aliphatic carbocycles. The zero-order valence-electron chi connectivity index (χ0n) is 10.4. The first kappa shape index (κ1) is 12.5. The van der Waals surface area contributed by atoms with Crippen LogP contribution < -0.4 is 15.2 Å². The van der Waals surface area contributed by atoms with E-state index in [9.17, 15) is 0 Å². The number of benzene rings is 1. The number of oxime groups is 1. The third-order valence-corrected chi connectivity index (χ3v) is 3.05. The molecule has 5 nitrogen and oxygen atoms in total. The molecule has 0 spiro atoms. The molecule has 0 amide bonds. The third kappa shape index (κ3) is 3.06. The van der Waals surface area contributed by atoms with Crippen molar-refractivity contribution in [1.29, 1.82) is 0 Å². The molecule has 1 saturated carbocycles. The second kappa shape index (κ2) is 5.62. The van der Waals surface area contributed by atoms with Gasteiger partial charge in [-0.05, 0) is 24.5 Å². The monoisotopic (exact) mass is 250 g/mol. The normalized spacial score (nSPS) is 15.5. The minimum absolute atomic E-state index is 0.0408. The van der Waals surface area contributed by atoms with E-state index in [1.807, 2.05) is 0 Å². The van der Waals surface area contributed by atoms with Gasteiger partial charge < -0.3 is 20.4 Å². The topological polar surface area (TPSA) is 77.1 Å². The summed E-state index contributed by atoms with van der Waals surface area (Å²) in [5.74, 6) is 2.12. The van der Waals surface area contributed by atoms with Crippen LogP contribution in [0, 0.1) is 5.92 Å². The van der Waals surface area contributed by atoms with Crippen LogP contribution >= 0.6 is 0 Å². The van der Waals surface area contributed by atoms with Crippen LogP contribution in [0.3, 0.4) is 0 Å². The smallest absolute Gasteiger partial charge is 0.173 e. The molecule has 98 valence electrons. The summed E-state index contributed by atoms with van der Waals surface area (Å²) in [4.78, 5) is 0. The van der Waals surface area contributed by atoms with Crippen LogP contribution in [-0.2, 0) is 0 Å². The van der Waals surface area contributed by atoms with Crippen molar-refractivity contribution < 1.29 is 14.7 Å². The minimum atomic E-state index is 0.0408. The SMILES string of the molecule is COc1ccc(/C(N)=N/O)c(OCCC2CC2)c1. The summed E-state index contributed by atoms with van der Waals surface area (Å²) in [5, 5.41) is 11.7. The maximum atomic E-state index is 8.74. The Labute approximate surface area is 106 Å². The largest absolute Gasteiger partial charge is 0.497 e. The van der Waals surface area contributed by atoms with E-state index in [2.05, 4.69) is 5.16 Å². The summed E-state index contributed by atoms with van der Waals surface area (Å²) in [6.45, 7) is 0.642. The molecule has 0 aromatic heterocycles. The molecule has 0 saturated heterocycles. The average Bonchev–Trinajstić information content (AvgIpc) is 3.22. The maximum absolute atomic E-state index is 8.74. The summed E-state index contributed by atoms with van der Waals surface area (Å²) >= 11 is 0. The van der Waals surface area contributed by atoms with E-state index in [0.29, 0.717) is 23.7 Å². The van der Waals surface area contributed by atoms with Gasteiger partial charge in [-0.3, -0.25) is 0 Å². The van der Waals surface area contributed by atoms with Crippen LogP contribution in [0.25, 0.3) is 0 Å². The molecule has 0 aliphatic heterocycles. The number of nitrogens with zero attached hydrogens (tertiary/aromatic N) is 1. The van der Waals surface area contributed by atoms with Crippen molar-refractivity contribution in [3.05, 3.63) is 23.8 Å². The fraction of sp³-hybridized carbons (Fsp3) is 0.462. The van der Waals surface area contributed by atoms with Gasteiger partial charge in [0.2, 0.25) is 0 Å². The van der Waals surface area contributed by atoms with Crippen LogP contribution in [0.15, 0.2) is 23.4 Å². The van der Waals surface area contributed by atoms with Gasteiger partial charge in [0.05, 0.1) is 19.3 Å². The van der Waals surface area contributed by atoms with Crippen LogP contribution in [0.4, 0.5) is 0 Å². The summed E-state index contributed by atoms with van der Waals surface area (Å²) in [6, 6.07) is 5.22. The van der Waals surface area contributed by atoms with Gasteiger partial charge in [0.25, 0.3) is 0 Å². The minimum Gasteiger partial charge on any atom is -0.497 e. The van der Waals surface area contributed by atoms with Gasteiger partial charge in [-0.2, -0.15) is 0 Å². The van der Waals surface area contributed by atoms with Crippen molar-refractivity contribution in [3.8, 4) is 11.5 Å². The van der Waals surface area contributed by atoms with Gasteiger partial charge in [0.1, 0.15) is 11.5 Å². The second-order valence-electron chi connectivity index (χ2n) is 4.43. The summed E-state index contributed by atoms with van der Waals surface area (Å²) in [7, 11) is 1.59. The first-order valence-electron chi connectivity index (χ1n) is 6.03. The summed E-state index contributed by atoms with van der Waals surface area (Å²) in [5.41, 5.74) is 6.19. The van der Waals surface area contributed by atoms with Gasteiger partial charge in [-0.25, -0.2) is 0 Å². The van der Waals surface area contributed by atoms with Gasteiger partial charge in [0.15, 0.2) is 5.84 Å². The highest BCUT2D eigenvalue weighted by Crippen LogP contribution is 2.33. The quantitative estimate of drug-likeness (QED) is 0.350. The highest BCUT2D eigenvalue weighted by atomic mass is 16.5. The lowest BCUT2D eigenvalue weighted by molar-refractivity contribution is 0.298. The van der Waals surface area contributed by atoms with E-state index in [-0.39, 0.29) is 5.84 Å². The fourth-order valence-corrected chi connectivity index (χ4v) is 1.76. The number of ether oxygens (including phenoxy) is 2. The Hall–Kier alpha value is -1.91. The summed E-state index contributed by atoms with van der Waals surface area (Å²) in [6.07, 6.45) is 3.65. The Morgan fingerprint density at radius 2 is 2.28 bits per heavy atom. The van der Waals surface area contributed by atoms with Crippen LogP contribution in [0.1, 0.15) is 24.8 Å². The van der Waals surface area contributed by atoms with E-state index in [1.54, 1.807) is 25.3 Å². The van der Waals surface area contributed by atoms with Crippen molar-refractivity contribution in [3.63, 3.8) is 0 Å². The Kier molecular flexibility index (Phi) is 3.92. The maximum Gasteiger partial charge on any atom is 0.173 e. The number of amidine groups is 1. The Bertz CT molecular complexity index is 442. The Morgan fingerprint density at radius 1 is 1.50 bits per heavy atom. The molecule has 1 aromatic rings. The van der Waals surface area contributed by atoms with E-state index in [4.69, 9.17) is 20.4 Å². The molecule has 0 unspecified atom stereocenters. The van der Waals surface area contributed by atoms with Gasteiger partial charge in [-0.15, -0.1) is 0 Å². The van der Waals surface area contributed by atoms with Crippen LogP contribution in [-0.4, -0.2) is 24.8 Å². The number of rotatable bonds is 6. The molecule has 0 radical (unpaired) electrons. The molecular formula is C13H18N2O3. The Balaban J connectivity index is 2.11. The van der Waals surface area contributed by atoms with Crippen molar-refractivity contribution in [2.75, 3.05) is 13.7 Å². The molecule has 1 aromatic carbocycles. The van der Waals surface area contributed by atoms with Crippen molar-refractivity contribution in [2.45, 2.75) is 19.3 Å². The van der Waals surface area contributed by atoms with E-state index < -0.39 is 0 Å². The molecule has 0 heterocycles. The van der Waals surface area contributed by atoms with Crippen LogP contribution in [0.2, 0.25) is 0 Å². The summed E-state index contributed by atoms with van der Waals surface area (Å²) < 4.78 is 10.8. The zero-order valence-corrected chi connectivity index (χ0v) is 10.4. The van der Waals surface area contributed by atoms with Crippen molar-refractivity contribution in [1.82, 2.24) is 0 Å². The second-order valence-corrected chi connectivity index (χ2v) is 4.43. The average molecular weight is 250 g/mol. The van der Waals surface area contributed by atoms with Crippen molar-refractivity contribution >= 4 is 5.84 Å². The van der Waals surface area contributed by atoms with Crippen molar-refractivity contribution in [2.24, 2.45) is 16.8 Å². The van der Waals surface area contributed by atoms with Crippen LogP contribution in [0.5, 0.6) is 11.5 Å².